The summed E-state index contributed by atoms with van der Waals surface area (Å²) in [6, 6.07) is 38.6. The van der Waals surface area contributed by atoms with Crippen molar-refractivity contribution in [2.45, 2.75) is 31.3 Å². The van der Waals surface area contributed by atoms with Crippen LogP contribution in [0.4, 0.5) is 11.4 Å². The molecule has 0 amide bonds. The number of fused-ring (bicyclic) bond motifs is 6. The summed E-state index contributed by atoms with van der Waals surface area (Å²) in [5.41, 5.74) is 11.8. The van der Waals surface area contributed by atoms with Gasteiger partial charge in [0.05, 0.1) is 5.69 Å². The summed E-state index contributed by atoms with van der Waals surface area (Å²) < 4.78 is 14.1. The normalized spacial score (nSPS) is 19.7. The molecule has 0 aromatic heterocycles. The van der Waals surface area contributed by atoms with E-state index in [4.69, 9.17) is 9.47 Å². The zero-order chi connectivity index (χ0) is 34.9. The molecule has 5 aromatic carbocycles. The molecule has 254 valence electrons. The standard InChI is InChI=1S/C48H40N2O2/c1-48(27-10-3-11-28-48)42-18-12-17-37(47(42)50-36-13-4-2-5-14-36)35-22-24-41-40-23-21-34(33-25-29-49-30-26-33)31-45(40)51-43-19-8-6-15-38(43)39-16-7-9-20-44(39)52-46(41)32-35/h2-19,21-27,29,31-32,44,49-50H,20,28,30H2,1H3. The van der Waals surface area contributed by atoms with E-state index in [0.29, 0.717) is 0 Å². The summed E-state index contributed by atoms with van der Waals surface area (Å²) in [6.07, 6.45) is 23.2. The fourth-order valence-electron chi connectivity index (χ4n) is 7.73. The summed E-state index contributed by atoms with van der Waals surface area (Å²) >= 11 is 0. The average Bonchev–Trinajstić information content (AvgIpc) is 3.19. The highest BCUT2D eigenvalue weighted by atomic mass is 16.5. The molecule has 0 saturated carbocycles. The first-order valence-corrected chi connectivity index (χ1v) is 18.1. The van der Waals surface area contributed by atoms with E-state index in [9.17, 15) is 0 Å². The average molecular weight is 677 g/mol. The third kappa shape index (κ3) is 5.96. The van der Waals surface area contributed by atoms with Gasteiger partial charge in [-0.2, -0.15) is 0 Å². The maximum absolute atomic E-state index is 7.18. The van der Waals surface area contributed by atoms with Gasteiger partial charge in [-0.15, -0.1) is 0 Å². The minimum absolute atomic E-state index is 0.160. The maximum Gasteiger partial charge on any atom is 0.136 e. The minimum atomic E-state index is -0.180. The number of dihydropyridines is 1. The first kappa shape index (κ1) is 31.7. The largest absolute Gasteiger partial charge is 0.485 e. The highest BCUT2D eigenvalue weighted by Crippen LogP contribution is 2.48. The van der Waals surface area contributed by atoms with Crippen LogP contribution in [0.25, 0.3) is 33.4 Å². The number of hydrogen-bond acceptors (Lipinski definition) is 4. The third-order valence-electron chi connectivity index (χ3n) is 10.5. The molecule has 2 aliphatic heterocycles. The number of benzene rings is 5. The topological polar surface area (TPSA) is 42.5 Å². The van der Waals surface area contributed by atoms with Gasteiger partial charge in [0.2, 0.25) is 0 Å². The van der Waals surface area contributed by atoms with Crippen molar-refractivity contribution < 1.29 is 9.47 Å². The number of rotatable bonds is 5. The van der Waals surface area contributed by atoms with Gasteiger partial charge < -0.3 is 20.1 Å². The lowest BCUT2D eigenvalue weighted by molar-refractivity contribution is 0.261. The first-order chi connectivity index (χ1) is 25.6. The monoisotopic (exact) mass is 676 g/mol. The molecule has 4 heteroatoms. The predicted molar refractivity (Wildman–Crippen MR) is 215 cm³/mol. The van der Waals surface area contributed by atoms with E-state index >= 15 is 0 Å². The van der Waals surface area contributed by atoms with Crippen molar-refractivity contribution in [3.8, 4) is 39.5 Å². The summed E-state index contributed by atoms with van der Waals surface area (Å²) in [6.45, 7) is 3.12. The van der Waals surface area contributed by atoms with Crippen LogP contribution in [0.5, 0.6) is 17.2 Å². The number of ether oxygens (including phenoxy) is 2. The van der Waals surface area contributed by atoms with Crippen molar-refractivity contribution >= 4 is 22.5 Å². The van der Waals surface area contributed by atoms with Gasteiger partial charge >= 0.3 is 0 Å². The molecule has 4 aliphatic rings. The highest BCUT2D eigenvalue weighted by molar-refractivity contribution is 5.89. The lowest BCUT2D eigenvalue weighted by Gasteiger charge is -2.31. The first-order valence-electron chi connectivity index (χ1n) is 18.1. The number of allylic oxidation sites excluding steroid dienone is 8. The summed E-state index contributed by atoms with van der Waals surface area (Å²) in [5.74, 6) is 2.43. The molecule has 0 fully saturated rings. The Labute approximate surface area is 305 Å². The second-order valence-corrected chi connectivity index (χ2v) is 13.9. The summed E-state index contributed by atoms with van der Waals surface area (Å²) in [7, 11) is 0. The Hall–Kier alpha value is -6.26. The zero-order valence-electron chi connectivity index (χ0n) is 29.2. The molecule has 2 unspecified atom stereocenters. The van der Waals surface area contributed by atoms with Gasteiger partial charge in [-0.1, -0.05) is 122 Å². The second kappa shape index (κ2) is 13.5. The molecular weight excluding hydrogens is 637 g/mol. The van der Waals surface area contributed by atoms with E-state index in [1.54, 1.807) is 0 Å². The summed E-state index contributed by atoms with van der Waals surface area (Å²) in [4.78, 5) is 0. The fraction of sp³-hybridized carbons (Fsp3) is 0.125. The van der Waals surface area contributed by atoms with Crippen LogP contribution in [0.15, 0.2) is 170 Å². The molecule has 2 aliphatic carbocycles. The molecule has 52 heavy (non-hydrogen) atoms. The lowest BCUT2D eigenvalue weighted by atomic mass is 9.75. The van der Waals surface area contributed by atoms with Crippen molar-refractivity contribution in [2.75, 3.05) is 11.9 Å². The van der Waals surface area contributed by atoms with Crippen molar-refractivity contribution in [1.29, 1.82) is 0 Å². The molecule has 2 N–H and O–H groups in total. The smallest absolute Gasteiger partial charge is 0.136 e. The van der Waals surface area contributed by atoms with E-state index < -0.39 is 0 Å². The molecule has 2 atom stereocenters. The molecular formula is C48H40N2O2. The van der Waals surface area contributed by atoms with Crippen molar-refractivity contribution in [2.24, 2.45) is 0 Å². The van der Waals surface area contributed by atoms with Crippen LogP contribution >= 0.6 is 0 Å². The van der Waals surface area contributed by atoms with Crippen LogP contribution in [-0.2, 0) is 5.41 Å². The number of anilines is 2. The molecule has 4 nitrogen and oxygen atoms in total. The number of hydrogen-bond donors (Lipinski definition) is 2. The molecule has 0 saturated heterocycles. The number of para-hydroxylation sites is 3. The Morgan fingerprint density at radius 3 is 2.37 bits per heavy atom. The van der Waals surface area contributed by atoms with Crippen molar-refractivity contribution in [1.82, 2.24) is 5.32 Å². The SMILES string of the molecule is CC1(c2cccc(-c3ccc4c(c3)OC3CC=CC=C3c3ccccc3Oc3cc(C5=CCNC=C5)ccc3-4)c2Nc2ccccc2)C=CC=CC1. The van der Waals surface area contributed by atoms with Crippen LogP contribution in [0, 0.1) is 0 Å². The van der Waals surface area contributed by atoms with Gasteiger partial charge in [-0.3, -0.25) is 0 Å². The van der Waals surface area contributed by atoms with E-state index in [1.165, 1.54) is 5.56 Å². The van der Waals surface area contributed by atoms with Gasteiger partial charge in [0.15, 0.2) is 0 Å². The molecule has 2 heterocycles. The van der Waals surface area contributed by atoms with E-state index in [0.717, 1.165) is 92.5 Å². The molecule has 0 radical (unpaired) electrons. The molecule has 0 bridgehead atoms. The van der Waals surface area contributed by atoms with Crippen LogP contribution in [0.1, 0.15) is 36.5 Å². The maximum atomic E-state index is 7.18. The van der Waals surface area contributed by atoms with E-state index in [2.05, 4.69) is 175 Å². The Morgan fingerprint density at radius 2 is 1.52 bits per heavy atom. The Bertz CT molecular complexity index is 2360. The van der Waals surface area contributed by atoms with Crippen LogP contribution in [0.3, 0.4) is 0 Å². The Balaban J connectivity index is 1.23. The van der Waals surface area contributed by atoms with Gasteiger partial charge in [-0.05, 0) is 83.4 Å². The van der Waals surface area contributed by atoms with Gasteiger partial charge in [0.1, 0.15) is 23.4 Å². The van der Waals surface area contributed by atoms with Gasteiger partial charge in [0.25, 0.3) is 0 Å². The Kier molecular flexibility index (Phi) is 8.21. The highest BCUT2D eigenvalue weighted by Gasteiger charge is 2.30. The van der Waals surface area contributed by atoms with Crippen LogP contribution < -0.4 is 20.1 Å². The van der Waals surface area contributed by atoms with Crippen molar-refractivity contribution in [3.05, 3.63) is 187 Å². The van der Waals surface area contributed by atoms with Gasteiger partial charge in [-0.25, -0.2) is 0 Å². The molecule has 9 rings (SSSR count). The molecule has 0 spiro atoms. The number of nitrogens with one attached hydrogen (secondary N) is 2. The second-order valence-electron chi connectivity index (χ2n) is 13.9. The predicted octanol–water partition coefficient (Wildman–Crippen LogP) is 11.9. The van der Waals surface area contributed by atoms with Crippen molar-refractivity contribution in [3.63, 3.8) is 0 Å². The van der Waals surface area contributed by atoms with Crippen LogP contribution in [0.2, 0.25) is 0 Å². The third-order valence-corrected chi connectivity index (χ3v) is 10.5. The Morgan fingerprint density at radius 1 is 0.712 bits per heavy atom. The minimum Gasteiger partial charge on any atom is -0.485 e. The summed E-state index contributed by atoms with van der Waals surface area (Å²) in [5, 5.41) is 7.11. The quantitative estimate of drug-likeness (QED) is 0.194. The lowest BCUT2D eigenvalue weighted by Crippen LogP contribution is -2.21. The fourth-order valence-corrected chi connectivity index (χ4v) is 7.73. The van der Waals surface area contributed by atoms with Crippen LogP contribution in [-0.4, -0.2) is 12.6 Å². The van der Waals surface area contributed by atoms with E-state index in [-0.39, 0.29) is 11.5 Å². The van der Waals surface area contributed by atoms with E-state index in [1.807, 2.05) is 12.3 Å². The van der Waals surface area contributed by atoms with Gasteiger partial charge in [0, 0.05) is 51.9 Å². The zero-order valence-corrected chi connectivity index (χ0v) is 29.2. The molecule has 5 aromatic rings.